The number of amides is 1. The number of esters is 2. The molecule has 1 aliphatic rings. The van der Waals surface area contributed by atoms with E-state index in [-0.39, 0.29) is 36.2 Å². The number of nitro benzene ring substituents is 1. The third-order valence-corrected chi connectivity index (χ3v) is 4.94. The first-order valence-corrected chi connectivity index (χ1v) is 10.2. The summed E-state index contributed by atoms with van der Waals surface area (Å²) in [4.78, 5) is 60.6. The average molecular weight is 454 g/mol. The van der Waals surface area contributed by atoms with Crippen LogP contribution in [0.3, 0.4) is 0 Å². The van der Waals surface area contributed by atoms with Crippen LogP contribution in [0.15, 0.2) is 48.5 Å². The van der Waals surface area contributed by atoms with Gasteiger partial charge in [-0.25, -0.2) is 4.79 Å². The van der Waals surface area contributed by atoms with Crippen molar-refractivity contribution in [3.63, 3.8) is 0 Å². The molecular formula is C23H22N2O8. The van der Waals surface area contributed by atoms with E-state index in [9.17, 15) is 29.3 Å². The number of anilines is 1. The Labute approximate surface area is 189 Å². The Hall–Kier alpha value is -4.08. The van der Waals surface area contributed by atoms with Gasteiger partial charge in [-0.05, 0) is 38.1 Å². The molecule has 1 aliphatic heterocycles. The molecule has 2 aromatic carbocycles. The molecule has 0 saturated carbocycles. The van der Waals surface area contributed by atoms with Crippen molar-refractivity contribution in [2.75, 3.05) is 18.1 Å². The Bertz CT molecular complexity index is 1090. The molecule has 1 saturated heterocycles. The van der Waals surface area contributed by atoms with Crippen LogP contribution in [0.5, 0.6) is 0 Å². The Kier molecular flexibility index (Phi) is 7.17. The minimum atomic E-state index is -0.763. The van der Waals surface area contributed by atoms with Gasteiger partial charge in [0.15, 0.2) is 6.61 Å². The maximum Gasteiger partial charge on any atom is 0.338 e. The monoisotopic (exact) mass is 454 g/mol. The number of nitrogens with zero attached hydrogens (tertiary/aromatic N) is 2. The van der Waals surface area contributed by atoms with E-state index in [0.717, 1.165) is 6.07 Å². The lowest BCUT2D eigenvalue weighted by atomic mass is 10.1. The molecule has 1 fully saturated rings. The summed E-state index contributed by atoms with van der Waals surface area (Å²) in [5.41, 5.74) is 0.670. The molecule has 0 spiro atoms. The highest BCUT2D eigenvalue weighted by Gasteiger charge is 2.36. The van der Waals surface area contributed by atoms with Gasteiger partial charge in [0.1, 0.15) is 0 Å². The van der Waals surface area contributed by atoms with Crippen LogP contribution in [0.4, 0.5) is 11.4 Å². The first-order chi connectivity index (χ1) is 15.7. The fourth-order valence-electron chi connectivity index (χ4n) is 3.31. The zero-order chi connectivity index (χ0) is 24.1. The molecular weight excluding hydrogens is 432 g/mol. The van der Waals surface area contributed by atoms with E-state index in [2.05, 4.69) is 0 Å². The average Bonchev–Trinajstić information content (AvgIpc) is 3.18. The van der Waals surface area contributed by atoms with Crippen LogP contribution in [-0.4, -0.2) is 47.8 Å². The van der Waals surface area contributed by atoms with Crippen LogP contribution in [0, 0.1) is 16.0 Å². The first-order valence-electron chi connectivity index (χ1n) is 10.2. The van der Waals surface area contributed by atoms with Crippen molar-refractivity contribution in [2.24, 2.45) is 5.92 Å². The van der Waals surface area contributed by atoms with Gasteiger partial charge in [-0.2, -0.15) is 0 Å². The highest BCUT2D eigenvalue weighted by Crippen LogP contribution is 2.26. The summed E-state index contributed by atoms with van der Waals surface area (Å²) in [6, 6.07) is 11.4. The third kappa shape index (κ3) is 5.79. The fourth-order valence-corrected chi connectivity index (χ4v) is 3.31. The summed E-state index contributed by atoms with van der Waals surface area (Å²) >= 11 is 0. The molecule has 0 bridgehead atoms. The predicted molar refractivity (Wildman–Crippen MR) is 116 cm³/mol. The van der Waals surface area contributed by atoms with E-state index in [0.29, 0.717) is 11.3 Å². The van der Waals surface area contributed by atoms with Gasteiger partial charge in [0.25, 0.3) is 5.69 Å². The smallest absolute Gasteiger partial charge is 0.338 e. The first kappa shape index (κ1) is 23.6. The van der Waals surface area contributed by atoms with Crippen molar-refractivity contribution in [2.45, 2.75) is 26.4 Å². The minimum Gasteiger partial charge on any atom is -0.459 e. The number of carbonyl (C=O) groups excluding carboxylic acids is 4. The molecule has 2 aromatic rings. The second-order valence-electron chi connectivity index (χ2n) is 7.74. The number of ketones is 1. The number of carbonyl (C=O) groups is 4. The summed E-state index contributed by atoms with van der Waals surface area (Å²) in [7, 11) is 0. The van der Waals surface area contributed by atoms with Crippen LogP contribution in [0.1, 0.15) is 41.0 Å². The van der Waals surface area contributed by atoms with Gasteiger partial charge in [-0.1, -0.05) is 12.1 Å². The van der Waals surface area contributed by atoms with Crippen LogP contribution < -0.4 is 4.90 Å². The van der Waals surface area contributed by atoms with Gasteiger partial charge in [0, 0.05) is 36.3 Å². The second kappa shape index (κ2) is 10.0. The number of hydrogen-bond donors (Lipinski definition) is 0. The van der Waals surface area contributed by atoms with Crippen LogP contribution >= 0.6 is 0 Å². The van der Waals surface area contributed by atoms with E-state index in [4.69, 9.17) is 9.47 Å². The van der Waals surface area contributed by atoms with Gasteiger partial charge in [-0.15, -0.1) is 0 Å². The number of non-ortho nitro benzene ring substituents is 1. The Morgan fingerprint density at radius 1 is 1.12 bits per heavy atom. The third-order valence-electron chi connectivity index (χ3n) is 4.94. The maximum atomic E-state index is 12.4. The highest BCUT2D eigenvalue weighted by molar-refractivity contribution is 6.01. The Morgan fingerprint density at radius 3 is 2.45 bits per heavy atom. The van der Waals surface area contributed by atoms with Crippen molar-refractivity contribution in [1.29, 1.82) is 0 Å². The lowest BCUT2D eigenvalue weighted by molar-refractivity contribution is -0.384. The summed E-state index contributed by atoms with van der Waals surface area (Å²) in [6.45, 7) is 2.97. The van der Waals surface area contributed by atoms with Crippen molar-refractivity contribution >= 4 is 35.0 Å². The lowest BCUT2D eigenvalue weighted by Crippen LogP contribution is -2.27. The highest BCUT2D eigenvalue weighted by atomic mass is 16.6. The summed E-state index contributed by atoms with van der Waals surface area (Å²) in [6.07, 6.45) is -0.339. The van der Waals surface area contributed by atoms with Gasteiger partial charge in [0.05, 0.1) is 22.5 Å². The molecule has 1 atom stereocenters. The molecule has 172 valence electrons. The Balaban J connectivity index is 1.58. The van der Waals surface area contributed by atoms with Crippen LogP contribution in [-0.2, 0) is 19.1 Å². The zero-order valence-corrected chi connectivity index (χ0v) is 18.1. The molecule has 1 heterocycles. The molecule has 0 unspecified atom stereocenters. The molecule has 10 heteroatoms. The minimum absolute atomic E-state index is 0.0530. The van der Waals surface area contributed by atoms with E-state index in [1.807, 2.05) is 0 Å². The van der Waals surface area contributed by atoms with E-state index in [1.54, 1.807) is 26.0 Å². The van der Waals surface area contributed by atoms with E-state index < -0.39 is 35.2 Å². The number of hydrogen-bond acceptors (Lipinski definition) is 8. The van der Waals surface area contributed by atoms with Gasteiger partial charge in [-0.3, -0.25) is 24.5 Å². The summed E-state index contributed by atoms with van der Waals surface area (Å²) in [5.74, 6) is -2.82. The number of Topliss-reactive ketones (excluding diaryl/α,β-unsaturated/α-hetero) is 1. The molecule has 33 heavy (non-hydrogen) atoms. The quantitative estimate of drug-likeness (QED) is 0.257. The molecule has 0 radical (unpaired) electrons. The topological polar surface area (TPSA) is 133 Å². The lowest BCUT2D eigenvalue weighted by Gasteiger charge is -2.17. The van der Waals surface area contributed by atoms with E-state index >= 15 is 0 Å². The maximum absolute atomic E-state index is 12.4. The van der Waals surface area contributed by atoms with Crippen molar-refractivity contribution in [3.8, 4) is 0 Å². The van der Waals surface area contributed by atoms with Crippen molar-refractivity contribution in [1.82, 2.24) is 0 Å². The van der Waals surface area contributed by atoms with Gasteiger partial charge in [0.2, 0.25) is 11.7 Å². The fraction of sp³-hybridized carbons (Fsp3) is 0.304. The molecule has 0 aliphatic carbocycles. The SMILES string of the molecule is CC(C)OC(=O)c1ccc(N2C[C@@H](C(=O)OCC(=O)c3cccc([N+](=O)[O-])c3)CC2=O)cc1. The van der Waals surface area contributed by atoms with Crippen molar-refractivity contribution in [3.05, 3.63) is 69.8 Å². The number of rotatable bonds is 8. The Morgan fingerprint density at radius 2 is 1.82 bits per heavy atom. The zero-order valence-electron chi connectivity index (χ0n) is 18.1. The molecule has 0 N–H and O–H groups in total. The van der Waals surface area contributed by atoms with Gasteiger partial charge >= 0.3 is 11.9 Å². The second-order valence-corrected chi connectivity index (χ2v) is 7.74. The number of benzene rings is 2. The molecule has 3 rings (SSSR count). The largest absolute Gasteiger partial charge is 0.459 e. The van der Waals surface area contributed by atoms with E-state index in [1.165, 1.54) is 35.2 Å². The van der Waals surface area contributed by atoms with Crippen LogP contribution in [0.25, 0.3) is 0 Å². The molecule has 0 aromatic heterocycles. The normalized spacial score (nSPS) is 15.4. The summed E-state index contributed by atoms with van der Waals surface area (Å²) < 4.78 is 10.2. The predicted octanol–water partition coefficient (Wildman–Crippen LogP) is 2.94. The van der Waals surface area contributed by atoms with Crippen molar-refractivity contribution < 1.29 is 33.6 Å². The number of ether oxygens (including phenoxy) is 2. The van der Waals surface area contributed by atoms with Crippen LogP contribution in [0.2, 0.25) is 0 Å². The van der Waals surface area contributed by atoms with Gasteiger partial charge < -0.3 is 14.4 Å². The molecule has 1 amide bonds. The number of nitro groups is 1. The summed E-state index contributed by atoms with van der Waals surface area (Å²) in [5, 5.41) is 10.8. The standard InChI is InChI=1S/C23H22N2O8/c1-14(2)33-23(29)15-6-8-18(9-7-15)24-12-17(11-21(24)27)22(28)32-13-20(26)16-4-3-5-19(10-16)25(30)31/h3-10,14,17H,11-13H2,1-2H3/t17-/m0/s1. The molecule has 10 nitrogen and oxygen atoms in total.